The summed E-state index contributed by atoms with van der Waals surface area (Å²) in [5.41, 5.74) is 2.24. The molecule has 0 spiro atoms. The minimum atomic E-state index is -0.0935. The summed E-state index contributed by atoms with van der Waals surface area (Å²) in [6, 6.07) is 20.5. The summed E-state index contributed by atoms with van der Waals surface area (Å²) in [5, 5.41) is 4.35. The van der Waals surface area contributed by atoms with E-state index < -0.39 is 0 Å². The van der Waals surface area contributed by atoms with Gasteiger partial charge in [-0.05, 0) is 30.5 Å². The predicted molar refractivity (Wildman–Crippen MR) is 124 cm³/mol. The van der Waals surface area contributed by atoms with E-state index in [9.17, 15) is 4.79 Å². The fourth-order valence-electron chi connectivity index (χ4n) is 4.62. The van der Waals surface area contributed by atoms with Crippen LogP contribution in [0.4, 0.5) is 0 Å². The Morgan fingerprint density at radius 3 is 2.42 bits per heavy atom. The average Bonchev–Trinajstić information content (AvgIpc) is 3.49. The summed E-state index contributed by atoms with van der Waals surface area (Å²) in [7, 11) is 1.86. The van der Waals surface area contributed by atoms with Crippen LogP contribution in [-0.4, -0.2) is 43.5 Å². The van der Waals surface area contributed by atoms with Crippen LogP contribution in [0.15, 0.2) is 77.6 Å². The average molecular weight is 442 g/mol. The van der Waals surface area contributed by atoms with Crippen molar-refractivity contribution >= 4 is 5.78 Å². The molecule has 2 aromatic carbocycles. The molecule has 5 rings (SSSR count). The lowest BCUT2D eigenvalue weighted by molar-refractivity contribution is 0.0783. The van der Waals surface area contributed by atoms with E-state index in [1.807, 2.05) is 49.6 Å². The van der Waals surface area contributed by atoms with Gasteiger partial charge in [-0.1, -0.05) is 65.8 Å². The summed E-state index contributed by atoms with van der Waals surface area (Å²) in [6.07, 6.45) is 5.31. The SMILES string of the molecule is Cn1ccnc1C(=O)[C@@H]1CCCN(Cc2nc(C(c3ccccc3)c3ccccc3)no2)C1. The van der Waals surface area contributed by atoms with Crippen molar-refractivity contribution in [2.24, 2.45) is 13.0 Å². The fraction of sp³-hybridized carbons (Fsp3) is 0.308. The van der Waals surface area contributed by atoms with Crippen molar-refractivity contribution in [1.29, 1.82) is 0 Å². The molecule has 0 unspecified atom stereocenters. The van der Waals surface area contributed by atoms with Crippen molar-refractivity contribution in [2.75, 3.05) is 13.1 Å². The van der Waals surface area contributed by atoms with Gasteiger partial charge in [-0.3, -0.25) is 9.69 Å². The second-order valence-electron chi connectivity index (χ2n) is 8.60. The molecule has 4 aromatic rings. The van der Waals surface area contributed by atoms with Crippen LogP contribution in [0.3, 0.4) is 0 Å². The zero-order valence-electron chi connectivity index (χ0n) is 18.7. The first-order chi connectivity index (χ1) is 16.2. The normalized spacial score (nSPS) is 16.8. The molecule has 1 atom stereocenters. The second-order valence-corrected chi connectivity index (χ2v) is 8.60. The Morgan fingerprint density at radius 1 is 1.09 bits per heavy atom. The first-order valence-electron chi connectivity index (χ1n) is 11.4. The minimum Gasteiger partial charge on any atom is -0.338 e. The number of carbonyl (C=O) groups excluding carboxylic acids is 1. The third kappa shape index (κ3) is 4.64. The highest BCUT2D eigenvalue weighted by Gasteiger charge is 2.30. The highest BCUT2D eigenvalue weighted by atomic mass is 16.5. The van der Waals surface area contributed by atoms with Gasteiger partial charge in [0.2, 0.25) is 11.7 Å². The standard InChI is InChI=1S/C26H27N5O2/c1-30-16-14-27-26(30)24(32)21-13-8-15-31(17-21)18-22-28-25(29-33-22)23(19-9-4-2-5-10-19)20-11-6-3-7-12-20/h2-7,9-12,14,16,21,23H,8,13,15,17-18H2,1H3/t21-/m1/s1. The molecule has 0 bridgehead atoms. The third-order valence-corrected chi connectivity index (χ3v) is 6.28. The molecule has 0 N–H and O–H groups in total. The van der Waals surface area contributed by atoms with Gasteiger partial charge in [0, 0.05) is 31.9 Å². The van der Waals surface area contributed by atoms with Gasteiger partial charge in [-0.25, -0.2) is 4.98 Å². The first-order valence-corrected chi connectivity index (χ1v) is 11.4. The van der Waals surface area contributed by atoms with Crippen molar-refractivity contribution in [2.45, 2.75) is 25.3 Å². The maximum absolute atomic E-state index is 12.9. The summed E-state index contributed by atoms with van der Waals surface area (Å²) in [6.45, 7) is 2.11. The van der Waals surface area contributed by atoms with Crippen molar-refractivity contribution in [3.63, 3.8) is 0 Å². The number of imidazole rings is 1. The molecular formula is C26H27N5O2. The van der Waals surface area contributed by atoms with E-state index in [0.29, 0.717) is 30.6 Å². The molecular weight excluding hydrogens is 414 g/mol. The van der Waals surface area contributed by atoms with Gasteiger partial charge < -0.3 is 9.09 Å². The predicted octanol–water partition coefficient (Wildman–Crippen LogP) is 4.08. The van der Waals surface area contributed by atoms with E-state index in [1.165, 1.54) is 0 Å². The molecule has 33 heavy (non-hydrogen) atoms. The van der Waals surface area contributed by atoms with Crippen LogP contribution in [0, 0.1) is 5.92 Å². The molecule has 2 aromatic heterocycles. The van der Waals surface area contributed by atoms with E-state index in [2.05, 4.69) is 39.3 Å². The quantitative estimate of drug-likeness (QED) is 0.402. The maximum Gasteiger partial charge on any atom is 0.240 e. The number of aryl methyl sites for hydroxylation is 1. The Labute approximate surface area is 193 Å². The lowest BCUT2D eigenvalue weighted by atomic mass is 9.91. The molecule has 7 nitrogen and oxygen atoms in total. The molecule has 1 saturated heterocycles. The Balaban J connectivity index is 1.33. The summed E-state index contributed by atoms with van der Waals surface area (Å²) < 4.78 is 7.46. The van der Waals surface area contributed by atoms with Gasteiger partial charge in [0.05, 0.1) is 12.5 Å². The van der Waals surface area contributed by atoms with E-state index in [0.717, 1.165) is 30.5 Å². The maximum atomic E-state index is 12.9. The molecule has 1 aliphatic heterocycles. The van der Waals surface area contributed by atoms with E-state index >= 15 is 0 Å². The number of Topliss-reactive ketones (excluding diaryl/α,β-unsaturated/α-hetero) is 1. The van der Waals surface area contributed by atoms with E-state index in [4.69, 9.17) is 9.51 Å². The van der Waals surface area contributed by atoms with E-state index in [1.54, 1.807) is 10.8 Å². The number of rotatable bonds is 7. The van der Waals surface area contributed by atoms with Gasteiger partial charge in [0.1, 0.15) is 0 Å². The minimum absolute atomic E-state index is 0.0661. The Kier molecular flexibility index (Phi) is 6.13. The van der Waals surface area contributed by atoms with Crippen LogP contribution < -0.4 is 0 Å². The fourth-order valence-corrected chi connectivity index (χ4v) is 4.62. The number of carbonyl (C=O) groups is 1. The van der Waals surface area contributed by atoms with Gasteiger partial charge in [-0.2, -0.15) is 4.98 Å². The molecule has 1 fully saturated rings. The molecule has 7 heteroatoms. The van der Waals surface area contributed by atoms with Gasteiger partial charge in [0.25, 0.3) is 0 Å². The molecule has 0 radical (unpaired) electrons. The van der Waals surface area contributed by atoms with Crippen LogP contribution in [0.1, 0.15) is 52.2 Å². The van der Waals surface area contributed by atoms with E-state index in [-0.39, 0.29) is 17.6 Å². The van der Waals surface area contributed by atoms with Gasteiger partial charge in [-0.15, -0.1) is 0 Å². The summed E-state index contributed by atoms with van der Waals surface area (Å²) >= 11 is 0. The molecule has 0 amide bonds. The molecule has 3 heterocycles. The van der Waals surface area contributed by atoms with Crippen LogP contribution >= 0.6 is 0 Å². The van der Waals surface area contributed by atoms with Crippen molar-refractivity contribution in [1.82, 2.24) is 24.6 Å². The van der Waals surface area contributed by atoms with Crippen LogP contribution in [0.5, 0.6) is 0 Å². The number of likely N-dealkylation sites (tertiary alicyclic amines) is 1. The molecule has 1 aliphatic rings. The highest BCUT2D eigenvalue weighted by Crippen LogP contribution is 2.30. The van der Waals surface area contributed by atoms with Crippen molar-refractivity contribution < 1.29 is 9.32 Å². The molecule has 0 aliphatic carbocycles. The van der Waals surface area contributed by atoms with Crippen molar-refractivity contribution in [3.8, 4) is 0 Å². The Morgan fingerprint density at radius 2 is 1.79 bits per heavy atom. The molecule has 168 valence electrons. The number of nitrogens with zero attached hydrogens (tertiary/aromatic N) is 5. The summed E-state index contributed by atoms with van der Waals surface area (Å²) in [4.78, 5) is 24.2. The first kappa shape index (κ1) is 21.3. The van der Waals surface area contributed by atoms with Gasteiger partial charge in [0.15, 0.2) is 11.6 Å². The van der Waals surface area contributed by atoms with Crippen molar-refractivity contribution in [3.05, 3.63) is 102 Å². The van der Waals surface area contributed by atoms with Gasteiger partial charge >= 0.3 is 0 Å². The number of aromatic nitrogens is 4. The lowest BCUT2D eigenvalue weighted by Gasteiger charge is -2.30. The largest absolute Gasteiger partial charge is 0.338 e. The van der Waals surface area contributed by atoms with Crippen LogP contribution in [0.2, 0.25) is 0 Å². The number of hydrogen-bond donors (Lipinski definition) is 0. The highest BCUT2D eigenvalue weighted by molar-refractivity contribution is 5.94. The zero-order valence-corrected chi connectivity index (χ0v) is 18.7. The Hall–Kier alpha value is -3.58. The molecule has 0 saturated carbocycles. The van der Waals surface area contributed by atoms with Crippen LogP contribution in [-0.2, 0) is 13.6 Å². The van der Waals surface area contributed by atoms with Crippen LogP contribution in [0.25, 0.3) is 0 Å². The number of piperidine rings is 1. The monoisotopic (exact) mass is 441 g/mol. The number of ketones is 1. The topological polar surface area (TPSA) is 77.1 Å². The third-order valence-electron chi connectivity index (χ3n) is 6.28. The Bertz CT molecular complexity index is 1160. The number of benzene rings is 2. The number of hydrogen-bond acceptors (Lipinski definition) is 6. The smallest absolute Gasteiger partial charge is 0.240 e. The summed E-state index contributed by atoms with van der Waals surface area (Å²) in [5.74, 6) is 1.70. The zero-order chi connectivity index (χ0) is 22.6. The second kappa shape index (κ2) is 9.50. The lowest BCUT2D eigenvalue weighted by Crippen LogP contribution is -2.39.